The third-order valence-electron chi connectivity index (χ3n) is 2.79. The molecule has 9 nitrogen and oxygen atoms in total. The number of anilines is 1. The molecule has 2 aromatic rings. The molecular formula is C13H17N5O4S2. The summed E-state index contributed by atoms with van der Waals surface area (Å²) in [7, 11) is -4.66. The largest absolute Gasteiger partial charge is 0.726 e. The van der Waals surface area contributed by atoms with Crippen molar-refractivity contribution in [3.63, 3.8) is 0 Å². The van der Waals surface area contributed by atoms with Crippen molar-refractivity contribution in [3.05, 3.63) is 37.2 Å². The Hall–Kier alpha value is -2.08. The van der Waals surface area contributed by atoms with E-state index in [2.05, 4.69) is 24.6 Å². The Bertz CT molecular complexity index is 732. The van der Waals surface area contributed by atoms with Crippen LogP contribution in [0.15, 0.2) is 40.0 Å². The van der Waals surface area contributed by atoms with Crippen LogP contribution in [-0.2, 0) is 14.6 Å². The molecule has 0 aliphatic rings. The average molecular weight is 371 g/mol. The Morgan fingerprint density at radius 3 is 2.54 bits per heavy atom. The number of aromatic nitrogens is 2. The highest BCUT2D eigenvalue weighted by Gasteiger charge is 2.05. The maximum Gasteiger partial charge on any atom is 0.251 e. The number of likely N-dealkylation sites (N-methyl/N-ethyl adjacent to an activating group) is 1. The zero-order valence-electron chi connectivity index (χ0n) is 13.2. The maximum atomic E-state index is 10.4. The van der Waals surface area contributed by atoms with Gasteiger partial charge >= 0.3 is 0 Å². The molecule has 0 N–H and O–H groups in total. The number of nitrogens with zero attached hydrogens (tertiary/aromatic N) is 5. The van der Waals surface area contributed by atoms with E-state index in [9.17, 15) is 13.0 Å². The van der Waals surface area contributed by atoms with E-state index in [1.165, 1.54) is 11.3 Å². The minimum atomic E-state index is -4.66. The van der Waals surface area contributed by atoms with Crippen LogP contribution >= 0.6 is 11.3 Å². The van der Waals surface area contributed by atoms with Crippen LogP contribution in [-0.4, -0.2) is 42.9 Å². The molecule has 0 atom stereocenters. The maximum absolute atomic E-state index is 10.4. The Kier molecular flexibility index (Phi) is 7.71. The molecular weight excluding hydrogens is 354 g/mol. The second-order valence-electron chi connectivity index (χ2n) is 4.25. The smallest absolute Gasteiger partial charge is 0.251 e. The minimum absolute atomic E-state index is 0. The lowest BCUT2D eigenvalue weighted by Crippen LogP contribution is -2.27. The molecule has 0 aliphatic carbocycles. The molecule has 1 heterocycles. The Morgan fingerprint density at radius 2 is 2.00 bits per heavy atom. The summed E-state index contributed by atoms with van der Waals surface area (Å²) in [5, 5.41) is 15.9. The third kappa shape index (κ3) is 6.58. The van der Waals surface area contributed by atoms with Gasteiger partial charge in [-0.2, -0.15) is 0 Å². The Morgan fingerprint density at radius 1 is 1.29 bits per heavy atom. The van der Waals surface area contributed by atoms with Gasteiger partial charge in [-0.3, -0.25) is 4.18 Å². The molecule has 2 rings (SSSR count). The van der Waals surface area contributed by atoms with Crippen LogP contribution in [0.3, 0.4) is 0 Å². The molecule has 24 heavy (non-hydrogen) atoms. The number of hydrogen-bond donors (Lipinski definition) is 0. The van der Waals surface area contributed by atoms with E-state index in [4.69, 9.17) is 0 Å². The zero-order chi connectivity index (χ0) is 16.7. The molecule has 0 saturated heterocycles. The Labute approximate surface area is 145 Å². The first-order chi connectivity index (χ1) is 11.0. The molecule has 0 spiro atoms. The molecule has 1 aromatic heterocycles. The standard InChI is InChI=1S/C12H15N5O4S2.CH3/c1-2-17(7-8-21-23(18,19)20)11-5-3-10(4-6-11)14-16-12-15-13-9-22-12;/h3-6,9H,2,7-8H2,1H3,(H,18,19,20);1H3/q;+1/p-1. The monoisotopic (exact) mass is 371 g/mol. The van der Waals surface area contributed by atoms with E-state index < -0.39 is 10.4 Å². The van der Waals surface area contributed by atoms with E-state index in [1.54, 1.807) is 17.6 Å². The quantitative estimate of drug-likeness (QED) is 0.303. The first-order valence-electron chi connectivity index (χ1n) is 6.61. The van der Waals surface area contributed by atoms with Gasteiger partial charge in [-0.05, 0) is 31.2 Å². The fourth-order valence-electron chi connectivity index (χ4n) is 1.76. The summed E-state index contributed by atoms with van der Waals surface area (Å²) >= 11 is 1.29. The molecule has 1 aromatic carbocycles. The van der Waals surface area contributed by atoms with Crippen molar-refractivity contribution in [2.75, 3.05) is 24.6 Å². The van der Waals surface area contributed by atoms with Crippen LogP contribution in [0.25, 0.3) is 0 Å². The fourth-order valence-corrected chi connectivity index (χ4v) is 2.41. The van der Waals surface area contributed by atoms with Gasteiger partial charge in [0.05, 0.1) is 12.3 Å². The van der Waals surface area contributed by atoms with Crippen LogP contribution in [0.1, 0.15) is 6.92 Å². The number of benzene rings is 1. The lowest BCUT2D eigenvalue weighted by molar-refractivity contribution is 0.266. The molecule has 11 heteroatoms. The van der Waals surface area contributed by atoms with Gasteiger partial charge in [-0.1, -0.05) is 11.3 Å². The first-order valence-corrected chi connectivity index (χ1v) is 8.82. The van der Waals surface area contributed by atoms with Gasteiger partial charge < -0.3 is 9.45 Å². The van der Waals surface area contributed by atoms with Gasteiger partial charge in [0, 0.05) is 26.2 Å². The molecule has 0 amide bonds. The van der Waals surface area contributed by atoms with E-state index >= 15 is 0 Å². The van der Waals surface area contributed by atoms with Gasteiger partial charge in [-0.25, -0.2) is 8.42 Å². The fraction of sp³-hybridized carbons (Fsp3) is 0.308. The van der Waals surface area contributed by atoms with E-state index in [-0.39, 0.29) is 20.6 Å². The van der Waals surface area contributed by atoms with Crippen LogP contribution in [0.4, 0.5) is 16.5 Å². The second-order valence-corrected chi connectivity index (χ2v) is 6.11. The summed E-state index contributed by atoms with van der Waals surface area (Å²) in [6, 6.07) is 7.19. The predicted octanol–water partition coefficient (Wildman–Crippen LogP) is 2.71. The van der Waals surface area contributed by atoms with Gasteiger partial charge in [0.1, 0.15) is 5.51 Å². The summed E-state index contributed by atoms with van der Waals surface area (Å²) in [4.78, 5) is 1.87. The van der Waals surface area contributed by atoms with Gasteiger partial charge in [0.25, 0.3) is 5.13 Å². The number of rotatable bonds is 8. The van der Waals surface area contributed by atoms with Gasteiger partial charge in [0.2, 0.25) is 10.4 Å². The second kappa shape index (κ2) is 9.27. The predicted molar refractivity (Wildman–Crippen MR) is 90.5 cm³/mol. The van der Waals surface area contributed by atoms with Crippen molar-refractivity contribution < 1.29 is 17.2 Å². The van der Waals surface area contributed by atoms with Crippen molar-refractivity contribution in [2.24, 2.45) is 10.2 Å². The summed E-state index contributed by atoms with van der Waals surface area (Å²) in [5.41, 5.74) is 3.08. The average Bonchev–Trinajstić information content (AvgIpc) is 3.03. The summed E-state index contributed by atoms with van der Waals surface area (Å²) in [6.45, 7) is 2.63. The topological polar surface area (TPSA) is 120 Å². The third-order valence-corrected chi connectivity index (χ3v) is 3.81. The molecule has 0 bridgehead atoms. The van der Waals surface area contributed by atoms with Crippen LogP contribution in [0.2, 0.25) is 0 Å². The summed E-state index contributed by atoms with van der Waals surface area (Å²) in [5.74, 6) is 0. The van der Waals surface area contributed by atoms with Crippen molar-refractivity contribution in [1.82, 2.24) is 10.2 Å². The minimum Gasteiger partial charge on any atom is -0.726 e. The van der Waals surface area contributed by atoms with E-state index in [1.807, 2.05) is 24.0 Å². The molecule has 0 radical (unpaired) electrons. The van der Waals surface area contributed by atoms with Crippen molar-refractivity contribution >= 4 is 38.2 Å². The summed E-state index contributed by atoms with van der Waals surface area (Å²) in [6.07, 6.45) is 0. The molecule has 0 fully saturated rings. The number of azo groups is 1. The summed E-state index contributed by atoms with van der Waals surface area (Å²) < 4.78 is 35.5. The highest BCUT2D eigenvalue weighted by Crippen LogP contribution is 2.22. The number of hydrogen-bond acceptors (Lipinski definition) is 10. The van der Waals surface area contributed by atoms with Crippen molar-refractivity contribution in [1.29, 1.82) is 0 Å². The SMILES string of the molecule is CCN(CCOS(=O)(=O)[O-])c1ccc(N=Nc2nncs2)cc1.[CH3+]. The molecule has 0 aliphatic heterocycles. The van der Waals surface area contributed by atoms with Crippen LogP contribution < -0.4 is 4.90 Å². The normalized spacial score (nSPS) is 11.4. The first kappa shape index (κ1) is 20.0. The highest BCUT2D eigenvalue weighted by atomic mass is 32.3. The molecule has 0 saturated carbocycles. The van der Waals surface area contributed by atoms with E-state index in [0.29, 0.717) is 17.4 Å². The van der Waals surface area contributed by atoms with Gasteiger partial charge in [-0.15, -0.1) is 20.4 Å². The van der Waals surface area contributed by atoms with Gasteiger partial charge in [0.15, 0.2) is 0 Å². The molecule has 0 unspecified atom stereocenters. The highest BCUT2D eigenvalue weighted by molar-refractivity contribution is 7.80. The lowest BCUT2D eigenvalue weighted by atomic mass is 10.2. The zero-order valence-corrected chi connectivity index (χ0v) is 14.8. The Balaban J connectivity index is 0.00000288. The van der Waals surface area contributed by atoms with Crippen LogP contribution in [0, 0.1) is 7.43 Å². The molecule has 130 valence electrons. The van der Waals surface area contributed by atoms with E-state index in [0.717, 1.165) is 5.69 Å². The van der Waals surface area contributed by atoms with Crippen molar-refractivity contribution in [2.45, 2.75) is 6.92 Å². The lowest BCUT2D eigenvalue weighted by Gasteiger charge is -2.23. The van der Waals surface area contributed by atoms with Crippen LogP contribution in [0.5, 0.6) is 0 Å². The van der Waals surface area contributed by atoms with Crippen molar-refractivity contribution in [3.8, 4) is 0 Å².